The molecule has 0 bridgehead atoms. The van der Waals surface area contributed by atoms with Crippen LogP contribution in [0.5, 0.6) is 0 Å². The summed E-state index contributed by atoms with van der Waals surface area (Å²) >= 11 is 0. The highest BCUT2D eigenvalue weighted by Crippen LogP contribution is 2.65. The van der Waals surface area contributed by atoms with Crippen molar-refractivity contribution >= 4 is 21.9 Å². The molecule has 0 atom stereocenters. The Balaban J connectivity index is 1.59. The van der Waals surface area contributed by atoms with Gasteiger partial charge in [0.25, 0.3) is 0 Å². The molecule has 3 aromatic carbocycles. The molecule has 2 heterocycles. The predicted molar refractivity (Wildman–Crippen MR) is 172 cm³/mol. The predicted octanol–water partition coefficient (Wildman–Crippen LogP) is 10.4. The number of aromatic nitrogens is 1. The summed E-state index contributed by atoms with van der Waals surface area (Å²) in [6, 6.07) is 18.2. The number of rotatable bonds is 3. The van der Waals surface area contributed by atoms with E-state index in [9.17, 15) is 1.37 Å². The van der Waals surface area contributed by atoms with Crippen LogP contribution in [0, 0.1) is 18.2 Å². The molecule has 2 nitrogen and oxygen atoms in total. The van der Waals surface area contributed by atoms with E-state index in [1.54, 1.807) is 6.07 Å². The van der Waals surface area contributed by atoms with E-state index in [4.69, 9.17) is 4.42 Å². The number of hydrogen-bond donors (Lipinski definition) is 0. The van der Waals surface area contributed by atoms with Crippen molar-refractivity contribution in [2.75, 3.05) is 0 Å². The molecule has 0 aliphatic heterocycles. The van der Waals surface area contributed by atoms with E-state index in [1.807, 2.05) is 31.4 Å². The van der Waals surface area contributed by atoms with Gasteiger partial charge in [-0.25, -0.2) is 8.96 Å². The van der Waals surface area contributed by atoms with Gasteiger partial charge in [0.15, 0.2) is 6.20 Å². The molecule has 1 fully saturated rings. The summed E-state index contributed by atoms with van der Waals surface area (Å²) in [5.41, 5.74) is 8.96. The number of nitrogens with zero attached hydrogens (tertiary/aromatic N) is 1. The summed E-state index contributed by atoms with van der Waals surface area (Å²) in [6.07, 6.45) is 5.97. The van der Waals surface area contributed by atoms with Crippen LogP contribution in [0.4, 0.5) is 4.39 Å². The lowest BCUT2D eigenvalue weighted by Gasteiger charge is -2.45. The molecule has 0 saturated heterocycles. The molecular formula is C39H43FNO+. The van der Waals surface area contributed by atoms with Crippen LogP contribution >= 0.6 is 0 Å². The SMILES string of the molecule is [2H]C1(c2ccc(-c3c(F)ccc4c3oc3c(-c5cccc[n+]5C)c(C)ccc34)c3c2C(C)(C)C(C)(C)C3(C)C)CCCC1. The number of hydrogen-bond acceptors (Lipinski definition) is 1. The first-order chi connectivity index (χ1) is 20.2. The molecule has 0 unspecified atom stereocenters. The van der Waals surface area contributed by atoms with E-state index < -0.39 is 5.89 Å². The molecular weight excluding hydrogens is 517 g/mol. The van der Waals surface area contributed by atoms with Crippen molar-refractivity contribution in [2.45, 2.75) is 90.9 Å². The lowest BCUT2D eigenvalue weighted by atomic mass is 9.59. The Bertz CT molecular complexity index is 1950. The zero-order chi connectivity index (χ0) is 30.7. The molecule has 0 N–H and O–H groups in total. The molecule has 0 amide bonds. The third kappa shape index (κ3) is 3.46. The average Bonchev–Trinajstić information content (AvgIpc) is 3.59. The minimum atomic E-state index is -0.599. The number of fused-ring (bicyclic) bond motifs is 4. The third-order valence-corrected chi connectivity index (χ3v) is 11.7. The number of aryl methyl sites for hydroxylation is 2. The van der Waals surface area contributed by atoms with Crippen LogP contribution in [0.15, 0.2) is 65.2 Å². The van der Waals surface area contributed by atoms with E-state index in [-0.39, 0.29) is 22.1 Å². The fourth-order valence-corrected chi connectivity index (χ4v) is 8.21. The van der Waals surface area contributed by atoms with Crippen LogP contribution in [0.25, 0.3) is 44.3 Å². The third-order valence-electron chi connectivity index (χ3n) is 11.7. The van der Waals surface area contributed by atoms with Crippen molar-refractivity contribution in [1.29, 1.82) is 0 Å². The molecule has 0 radical (unpaired) electrons. The van der Waals surface area contributed by atoms with Crippen LogP contribution in [-0.2, 0) is 17.9 Å². The van der Waals surface area contributed by atoms with E-state index in [0.29, 0.717) is 11.1 Å². The van der Waals surface area contributed by atoms with Crippen molar-refractivity contribution in [3.63, 3.8) is 0 Å². The van der Waals surface area contributed by atoms with Crippen molar-refractivity contribution in [2.24, 2.45) is 12.5 Å². The largest absolute Gasteiger partial charge is 0.454 e. The Hall–Kier alpha value is -3.46. The molecule has 5 aromatic rings. The van der Waals surface area contributed by atoms with E-state index >= 15 is 4.39 Å². The molecule has 3 heteroatoms. The quantitative estimate of drug-likeness (QED) is 0.200. The standard InChI is InChI=1S/C39H43FNO/c1-23-16-17-26-27-20-21-29(40)32(36(27)42-35(26)31(23)30-15-11-12-22-41(30)8)28-19-18-25(24-13-9-10-14-24)33-34(28)38(4,5)39(6,7)37(33,2)3/h11-12,15-22,24H,9-10,13-14H2,1-8H3/q+1/i24D. The molecule has 216 valence electrons. The number of benzene rings is 3. The molecule has 7 rings (SSSR count). The Labute approximate surface area is 251 Å². The molecule has 42 heavy (non-hydrogen) atoms. The second kappa shape index (κ2) is 9.02. The Morgan fingerprint density at radius 1 is 0.810 bits per heavy atom. The fourth-order valence-electron chi connectivity index (χ4n) is 8.21. The Morgan fingerprint density at radius 3 is 2.14 bits per heavy atom. The summed E-state index contributed by atoms with van der Waals surface area (Å²) in [5, 5.41) is 1.91. The van der Waals surface area contributed by atoms with Gasteiger partial charge in [0.05, 0.1) is 11.1 Å². The van der Waals surface area contributed by atoms with Gasteiger partial charge in [0.1, 0.15) is 24.0 Å². The van der Waals surface area contributed by atoms with Gasteiger partial charge >= 0.3 is 0 Å². The van der Waals surface area contributed by atoms with Crippen molar-refractivity contribution in [1.82, 2.24) is 0 Å². The average molecular weight is 562 g/mol. The summed E-state index contributed by atoms with van der Waals surface area (Å²) in [7, 11) is 2.04. The highest BCUT2D eigenvalue weighted by molar-refractivity contribution is 6.13. The lowest BCUT2D eigenvalue weighted by molar-refractivity contribution is -0.660. The smallest absolute Gasteiger partial charge is 0.216 e. The number of halogens is 1. The first kappa shape index (κ1) is 26.2. The first-order valence-corrected chi connectivity index (χ1v) is 15.5. The van der Waals surface area contributed by atoms with Crippen LogP contribution in [-0.4, -0.2) is 0 Å². The minimum Gasteiger partial charge on any atom is -0.454 e. The fraction of sp³-hybridized carbons (Fsp3) is 0.410. The van der Waals surface area contributed by atoms with Gasteiger partial charge in [-0.15, -0.1) is 0 Å². The second-order valence-corrected chi connectivity index (χ2v) is 14.3. The van der Waals surface area contributed by atoms with Crippen LogP contribution < -0.4 is 4.57 Å². The zero-order valence-corrected chi connectivity index (χ0v) is 26.3. The van der Waals surface area contributed by atoms with Gasteiger partial charge < -0.3 is 4.42 Å². The van der Waals surface area contributed by atoms with Gasteiger partial charge in [-0.2, -0.15) is 0 Å². The van der Waals surface area contributed by atoms with Gasteiger partial charge in [0, 0.05) is 24.3 Å². The summed E-state index contributed by atoms with van der Waals surface area (Å²) in [5.74, 6) is -0.873. The molecule has 2 aliphatic rings. The highest BCUT2D eigenvalue weighted by atomic mass is 19.1. The van der Waals surface area contributed by atoms with Gasteiger partial charge in [-0.1, -0.05) is 78.6 Å². The summed E-state index contributed by atoms with van der Waals surface area (Å²) in [6.45, 7) is 16.1. The normalized spacial score (nSPS) is 20.3. The van der Waals surface area contributed by atoms with E-state index in [2.05, 4.69) is 83.4 Å². The lowest BCUT2D eigenvalue weighted by Crippen LogP contribution is -2.42. The van der Waals surface area contributed by atoms with E-state index in [1.165, 1.54) is 11.1 Å². The minimum absolute atomic E-state index is 0.132. The molecule has 0 spiro atoms. The van der Waals surface area contributed by atoms with Gasteiger partial charge in [0.2, 0.25) is 5.69 Å². The maximum absolute atomic E-state index is 16.4. The van der Waals surface area contributed by atoms with Crippen LogP contribution in [0.3, 0.4) is 0 Å². The maximum atomic E-state index is 16.4. The second-order valence-electron chi connectivity index (χ2n) is 14.3. The monoisotopic (exact) mass is 561 g/mol. The highest BCUT2D eigenvalue weighted by Gasteiger charge is 2.59. The molecule has 1 saturated carbocycles. The number of pyridine rings is 1. The number of furan rings is 1. The van der Waals surface area contributed by atoms with Crippen molar-refractivity contribution in [3.8, 4) is 22.4 Å². The zero-order valence-electron chi connectivity index (χ0n) is 27.3. The van der Waals surface area contributed by atoms with Crippen molar-refractivity contribution in [3.05, 3.63) is 88.9 Å². The first-order valence-electron chi connectivity index (χ1n) is 16.0. The molecule has 2 aliphatic carbocycles. The van der Waals surface area contributed by atoms with E-state index in [0.717, 1.165) is 70.0 Å². The Kier molecular flexibility index (Phi) is 5.62. The van der Waals surface area contributed by atoms with Crippen LogP contribution in [0.1, 0.15) is 96.7 Å². The van der Waals surface area contributed by atoms with Gasteiger partial charge in [-0.3, -0.25) is 0 Å². The summed E-state index contributed by atoms with van der Waals surface area (Å²) < 4.78 is 34.9. The summed E-state index contributed by atoms with van der Waals surface area (Å²) in [4.78, 5) is 0. The Morgan fingerprint density at radius 2 is 1.45 bits per heavy atom. The van der Waals surface area contributed by atoms with Crippen molar-refractivity contribution < 1.29 is 14.7 Å². The maximum Gasteiger partial charge on any atom is 0.216 e. The van der Waals surface area contributed by atoms with Crippen LogP contribution in [0.2, 0.25) is 0 Å². The topological polar surface area (TPSA) is 17.0 Å². The van der Waals surface area contributed by atoms with Gasteiger partial charge in [-0.05, 0) is 87.9 Å². The molecule has 2 aromatic heterocycles.